The van der Waals surface area contributed by atoms with E-state index in [-0.39, 0.29) is 24.2 Å². The Bertz CT molecular complexity index is 328. The first kappa shape index (κ1) is 17.0. The van der Waals surface area contributed by atoms with Crippen LogP contribution in [0.15, 0.2) is 0 Å². The standard InChI is InChI=1S/C14H25F3N2O2/c1-3-21-12-6-11(13(12)20-2)18-7-10-4-5-19(8-10)9-14(15,16)17/h10-13,18H,3-9H2,1-2H3. The zero-order valence-corrected chi connectivity index (χ0v) is 12.7. The maximum atomic E-state index is 12.3. The number of nitrogens with one attached hydrogen (secondary N) is 1. The molecule has 7 heteroatoms. The molecule has 0 aromatic rings. The molecule has 0 aromatic heterocycles. The highest BCUT2D eigenvalue weighted by molar-refractivity contribution is 4.97. The molecule has 2 aliphatic rings. The van der Waals surface area contributed by atoms with Gasteiger partial charge in [0.2, 0.25) is 0 Å². The van der Waals surface area contributed by atoms with Crippen molar-refractivity contribution in [1.29, 1.82) is 0 Å². The molecule has 1 saturated heterocycles. The van der Waals surface area contributed by atoms with E-state index < -0.39 is 12.7 Å². The fourth-order valence-corrected chi connectivity index (χ4v) is 3.27. The summed E-state index contributed by atoms with van der Waals surface area (Å²) < 4.78 is 48.0. The summed E-state index contributed by atoms with van der Waals surface area (Å²) in [6.07, 6.45) is -2.17. The van der Waals surface area contributed by atoms with Gasteiger partial charge in [0.1, 0.15) is 0 Å². The van der Waals surface area contributed by atoms with Crippen LogP contribution in [0.2, 0.25) is 0 Å². The lowest BCUT2D eigenvalue weighted by Crippen LogP contribution is -2.60. The van der Waals surface area contributed by atoms with Gasteiger partial charge in [-0.2, -0.15) is 13.2 Å². The Kier molecular flexibility index (Phi) is 5.88. The molecule has 1 saturated carbocycles. The molecule has 0 amide bonds. The van der Waals surface area contributed by atoms with E-state index in [1.807, 2.05) is 6.92 Å². The van der Waals surface area contributed by atoms with Gasteiger partial charge in [0.25, 0.3) is 0 Å². The summed E-state index contributed by atoms with van der Waals surface area (Å²) in [5.41, 5.74) is 0. The van der Waals surface area contributed by atoms with Crippen LogP contribution in [-0.2, 0) is 9.47 Å². The Balaban J connectivity index is 1.66. The van der Waals surface area contributed by atoms with Crippen LogP contribution < -0.4 is 5.32 Å². The van der Waals surface area contributed by atoms with Crippen molar-refractivity contribution < 1.29 is 22.6 Å². The number of methoxy groups -OCH3 is 1. The number of hydrogen-bond donors (Lipinski definition) is 1. The number of rotatable bonds is 7. The van der Waals surface area contributed by atoms with Crippen LogP contribution in [-0.4, -0.2) is 69.2 Å². The fraction of sp³-hybridized carbons (Fsp3) is 1.00. The highest BCUT2D eigenvalue weighted by atomic mass is 19.4. The number of nitrogens with zero attached hydrogens (tertiary/aromatic N) is 1. The van der Waals surface area contributed by atoms with Gasteiger partial charge in [0.05, 0.1) is 18.8 Å². The monoisotopic (exact) mass is 310 g/mol. The molecule has 4 atom stereocenters. The van der Waals surface area contributed by atoms with Gasteiger partial charge < -0.3 is 14.8 Å². The first-order valence-electron chi connectivity index (χ1n) is 7.59. The molecule has 0 bridgehead atoms. The third-order valence-corrected chi connectivity index (χ3v) is 4.34. The van der Waals surface area contributed by atoms with Gasteiger partial charge in [-0.1, -0.05) is 0 Å². The van der Waals surface area contributed by atoms with E-state index in [1.54, 1.807) is 7.11 Å². The van der Waals surface area contributed by atoms with Crippen LogP contribution in [0.5, 0.6) is 0 Å². The first-order valence-corrected chi connectivity index (χ1v) is 7.59. The summed E-state index contributed by atoms with van der Waals surface area (Å²) in [7, 11) is 1.67. The minimum atomic E-state index is -4.10. The smallest absolute Gasteiger partial charge is 0.377 e. The van der Waals surface area contributed by atoms with Crippen molar-refractivity contribution >= 4 is 0 Å². The van der Waals surface area contributed by atoms with Crippen molar-refractivity contribution in [1.82, 2.24) is 10.2 Å². The average Bonchev–Trinajstić information content (AvgIpc) is 2.78. The molecule has 1 aliphatic heterocycles. The summed E-state index contributed by atoms with van der Waals surface area (Å²) in [6, 6.07) is 0.253. The van der Waals surface area contributed by atoms with Crippen molar-refractivity contribution in [2.24, 2.45) is 5.92 Å². The van der Waals surface area contributed by atoms with Gasteiger partial charge in [-0.25, -0.2) is 0 Å². The van der Waals surface area contributed by atoms with E-state index in [0.29, 0.717) is 19.7 Å². The third-order valence-electron chi connectivity index (χ3n) is 4.34. The van der Waals surface area contributed by atoms with Crippen LogP contribution in [0.1, 0.15) is 19.8 Å². The topological polar surface area (TPSA) is 33.7 Å². The minimum Gasteiger partial charge on any atom is -0.377 e. The lowest BCUT2D eigenvalue weighted by molar-refractivity contribution is -0.144. The number of halogens is 3. The molecule has 0 radical (unpaired) electrons. The summed E-state index contributed by atoms with van der Waals surface area (Å²) >= 11 is 0. The second kappa shape index (κ2) is 7.26. The summed E-state index contributed by atoms with van der Waals surface area (Å²) in [5, 5.41) is 3.42. The average molecular weight is 310 g/mol. The van der Waals surface area contributed by atoms with Crippen LogP contribution in [0.4, 0.5) is 13.2 Å². The Morgan fingerprint density at radius 2 is 2.10 bits per heavy atom. The first-order chi connectivity index (χ1) is 9.93. The van der Waals surface area contributed by atoms with Crippen LogP contribution in [0.25, 0.3) is 0 Å². The lowest BCUT2D eigenvalue weighted by atomic mass is 9.85. The quantitative estimate of drug-likeness (QED) is 0.775. The molecule has 4 unspecified atom stereocenters. The van der Waals surface area contributed by atoms with Gasteiger partial charge in [0, 0.05) is 26.3 Å². The van der Waals surface area contributed by atoms with Crippen LogP contribution >= 0.6 is 0 Å². The number of likely N-dealkylation sites (tertiary alicyclic amines) is 1. The van der Waals surface area contributed by atoms with Gasteiger partial charge in [-0.3, -0.25) is 4.90 Å². The van der Waals surface area contributed by atoms with E-state index in [1.165, 1.54) is 4.90 Å². The molecule has 2 rings (SSSR count). The zero-order chi connectivity index (χ0) is 15.5. The fourth-order valence-electron chi connectivity index (χ4n) is 3.27. The molecular weight excluding hydrogens is 285 g/mol. The highest BCUT2D eigenvalue weighted by Crippen LogP contribution is 2.28. The molecule has 4 nitrogen and oxygen atoms in total. The minimum absolute atomic E-state index is 0.0534. The van der Waals surface area contributed by atoms with Gasteiger partial charge in [-0.05, 0) is 38.8 Å². The third kappa shape index (κ3) is 4.81. The Morgan fingerprint density at radius 1 is 1.33 bits per heavy atom. The van der Waals surface area contributed by atoms with Crippen molar-refractivity contribution in [3.05, 3.63) is 0 Å². The summed E-state index contributed by atoms with van der Waals surface area (Å²) in [5.74, 6) is 0.288. The number of ether oxygens (including phenoxy) is 2. The highest BCUT2D eigenvalue weighted by Gasteiger charge is 2.42. The van der Waals surface area contributed by atoms with E-state index in [4.69, 9.17) is 9.47 Å². The molecule has 1 N–H and O–H groups in total. The second-order valence-corrected chi connectivity index (χ2v) is 5.95. The zero-order valence-electron chi connectivity index (χ0n) is 12.7. The number of hydrogen-bond acceptors (Lipinski definition) is 4. The van der Waals surface area contributed by atoms with Crippen molar-refractivity contribution in [2.75, 3.05) is 39.9 Å². The van der Waals surface area contributed by atoms with Gasteiger partial charge in [-0.15, -0.1) is 0 Å². The SMILES string of the molecule is CCOC1CC(NCC2CCN(CC(F)(F)F)C2)C1OC. The molecule has 0 aromatic carbocycles. The largest absolute Gasteiger partial charge is 0.401 e. The normalized spacial score (nSPS) is 34.1. The van der Waals surface area contributed by atoms with Gasteiger partial charge >= 0.3 is 6.18 Å². The van der Waals surface area contributed by atoms with Crippen LogP contribution in [0.3, 0.4) is 0 Å². The maximum Gasteiger partial charge on any atom is 0.401 e. The molecule has 124 valence electrons. The molecule has 0 spiro atoms. The molecule has 1 aliphatic carbocycles. The summed E-state index contributed by atoms with van der Waals surface area (Å²) in [4.78, 5) is 1.49. The van der Waals surface area contributed by atoms with E-state index in [9.17, 15) is 13.2 Å². The maximum absolute atomic E-state index is 12.3. The molecule has 21 heavy (non-hydrogen) atoms. The van der Waals surface area contributed by atoms with Crippen molar-refractivity contribution in [3.8, 4) is 0 Å². The van der Waals surface area contributed by atoms with Crippen LogP contribution in [0, 0.1) is 5.92 Å². The lowest BCUT2D eigenvalue weighted by Gasteiger charge is -2.43. The Hall–Kier alpha value is -0.370. The Labute approximate surface area is 124 Å². The predicted octanol–water partition coefficient (Wildman–Crippen LogP) is 1.65. The van der Waals surface area contributed by atoms with Crippen molar-refractivity contribution in [2.45, 2.75) is 44.2 Å². The molecule has 1 heterocycles. The Morgan fingerprint density at radius 3 is 2.71 bits per heavy atom. The van der Waals surface area contributed by atoms with E-state index >= 15 is 0 Å². The second-order valence-electron chi connectivity index (χ2n) is 5.95. The van der Waals surface area contributed by atoms with E-state index in [2.05, 4.69) is 5.32 Å². The molecule has 2 fully saturated rings. The predicted molar refractivity (Wildman–Crippen MR) is 73.2 cm³/mol. The van der Waals surface area contributed by atoms with E-state index in [0.717, 1.165) is 19.4 Å². The summed E-state index contributed by atoms with van der Waals surface area (Å²) in [6.45, 7) is 3.64. The molecular formula is C14H25F3N2O2. The van der Waals surface area contributed by atoms with Crippen molar-refractivity contribution in [3.63, 3.8) is 0 Å². The van der Waals surface area contributed by atoms with Gasteiger partial charge in [0.15, 0.2) is 0 Å². The number of alkyl halides is 3.